The van der Waals surface area contributed by atoms with Gasteiger partial charge in [-0.2, -0.15) is 0 Å². The van der Waals surface area contributed by atoms with E-state index in [1.165, 1.54) is 43.1 Å². The first kappa shape index (κ1) is 16.2. The molecule has 134 valence electrons. The summed E-state index contributed by atoms with van der Waals surface area (Å²) in [5, 5.41) is 4.15. The molecule has 1 aromatic carbocycles. The maximum Gasteiger partial charge on any atom is 0.281 e. The number of benzene rings is 1. The molecule has 2 fully saturated rings. The summed E-state index contributed by atoms with van der Waals surface area (Å²) >= 11 is 1.48. The fourth-order valence-electron chi connectivity index (χ4n) is 4.04. The molecule has 2 unspecified atom stereocenters. The smallest absolute Gasteiger partial charge is 0.281 e. The Morgan fingerprint density at radius 3 is 2.69 bits per heavy atom. The Labute approximate surface area is 157 Å². The number of hydrogen-bond donors (Lipinski definition) is 1. The molecule has 2 atom stereocenters. The molecule has 2 aliphatic heterocycles. The number of hydrogen-bond acceptors (Lipinski definition) is 6. The summed E-state index contributed by atoms with van der Waals surface area (Å²) in [6.07, 6.45) is 2.88. The van der Waals surface area contributed by atoms with Crippen molar-refractivity contribution >= 4 is 21.7 Å². The predicted octanol–water partition coefficient (Wildman–Crippen LogP) is 3.18. The van der Waals surface area contributed by atoms with E-state index in [1.54, 1.807) is 6.20 Å². The summed E-state index contributed by atoms with van der Waals surface area (Å²) in [5.74, 6) is 2.57. The van der Waals surface area contributed by atoms with Crippen molar-refractivity contribution in [1.82, 2.24) is 20.2 Å². The minimum atomic E-state index is 0.642. The van der Waals surface area contributed by atoms with E-state index in [2.05, 4.69) is 32.3 Å². The van der Waals surface area contributed by atoms with Crippen LogP contribution in [0.1, 0.15) is 5.56 Å². The molecule has 0 spiro atoms. The predicted molar refractivity (Wildman–Crippen MR) is 104 cm³/mol. The minimum absolute atomic E-state index is 0.642. The molecule has 2 saturated heterocycles. The average Bonchev–Trinajstić information content (AvgIpc) is 3.35. The standard InChI is InChI=1S/C20H22N4OS/c1-2-18-19(22-8-1)26-20(23-18)25-17-5-3-14(4-6-17)7-9-24-12-15-10-21-11-16(15)13-24/h1-6,8,15-16,21H,7,9-13H2. The normalized spacial score (nSPS) is 22.8. The van der Waals surface area contributed by atoms with Crippen molar-refractivity contribution in [1.29, 1.82) is 0 Å². The number of rotatable bonds is 5. The zero-order valence-corrected chi connectivity index (χ0v) is 15.4. The maximum atomic E-state index is 5.90. The molecule has 0 radical (unpaired) electrons. The Morgan fingerprint density at radius 2 is 1.92 bits per heavy atom. The number of likely N-dealkylation sites (tertiary alicyclic amines) is 1. The first-order chi connectivity index (χ1) is 12.8. The summed E-state index contributed by atoms with van der Waals surface area (Å²) in [5.41, 5.74) is 2.24. The van der Waals surface area contributed by atoms with Crippen LogP contribution >= 0.6 is 11.3 Å². The van der Waals surface area contributed by atoms with Gasteiger partial charge in [0.05, 0.1) is 0 Å². The second-order valence-electron chi connectivity index (χ2n) is 7.24. The monoisotopic (exact) mass is 366 g/mol. The van der Waals surface area contributed by atoms with Crippen LogP contribution in [-0.4, -0.2) is 47.6 Å². The number of thiazole rings is 1. The van der Waals surface area contributed by atoms with Gasteiger partial charge in [-0.3, -0.25) is 0 Å². The highest BCUT2D eigenvalue weighted by atomic mass is 32.1. The van der Waals surface area contributed by atoms with Crippen molar-refractivity contribution in [2.45, 2.75) is 6.42 Å². The SMILES string of the molecule is c1cnc2sc(Oc3ccc(CCN4CC5CNCC5C4)cc3)nc2c1. The minimum Gasteiger partial charge on any atom is -0.431 e. The Balaban J connectivity index is 1.18. The van der Waals surface area contributed by atoms with Crippen LogP contribution < -0.4 is 10.1 Å². The fraction of sp³-hybridized carbons (Fsp3) is 0.400. The van der Waals surface area contributed by atoms with Gasteiger partial charge in [-0.05, 0) is 61.2 Å². The lowest BCUT2D eigenvalue weighted by Gasteiger charge is -2.16. The summed E-state index contributed by atoms with van der Waals surface area (Å²) in [6, 6.07) is 12.3. The number of aromatic nitrogens is 2. The topological polar surface area (TPSA) is 50.3 Å². The van der Waals surface area contributed by atoms with Crippen LogP contribution in [-0.2, 0) is 6.42 Å². The highest BCUT2D eigenvalue weighted by molar-refractivity contribution is 7.19. The van der Waals surface area contributed by atoms with Gasteiger partial charge < -0.3 is 15.0 Å². The van der Waals surface area contributed by atoms with Gasteiger partial charge in [-0.25, -0.2) is 9.97 Å². The average molecular weight is 366 g/mol. The number of nitrogens with one attached hydrogen (secondary N) is 1. The van der Waals surface area contributed by atoms with E-state index >= 15 is 0 Å². The molecule has 2 aliphatic rings. The van der Waals surface area contributed by atoms with Gasteiger partial charge in [-0.15, -0.1) is 0 Å². The maximum absolute atomic E-state index is 5.90. The largest absolute Gasteiger partial charge is 0.431 e. The lowest BCUT2D eigenvalue weighted by molar-refractivity contribution is 0.317. The van der Waals surface area contributed by atoms with Gasteiger partial charge in [0.1, 0.15) is 16.1 Å². The molecular formula is C20H22N4OS. The number of pyridine rings is 1. The quantitative estimate of drug-likeness (QED) is 0.752. The Hall–Kier alpha value is -2.02. The molecule has 5 rings (SSSR count). The first-order valence-electron chi connectivity index (χ1n) is 9.25. The molecule has 5 nitrogen and oxygen atoms in total. The summed E-state index contributed by atoms with van der Waals surface area (Å²) in [7, 11) is 0. The fourth-order valence-corrected chi connectivity index (χ4v) is 4.82. The molecule has 1 N–H and O–H groups in total. The molecule has 0 amide bonds. The molecule has 0 aliphatic carbocycles. The molecule has 0 bridgehead atoms. The van der Waals surface area contributed by atoms with E-state index in [1.807, 2.05) is 24.3 Å². The number of ether oxygens (including phenoxy) is 1. The molecule has 4 heterocycles. The van der Waals surface area contributed by atoms with Gasteiger partial charge in [-0.1, -0.05) is 23.5 Å². The molecule has 26 heavy (non-hydrogen) atoms. The van der Waals surface area contributed by atoms with E-state index in [-0.39, 0.29) is 0 Å². The van der Waals surface area contributed by atoms with E-state index in [4.69, 9.17) is 4.74 Å². The summed E-state index contributed by atoms with van der Waals surface area (Å²) < 4.78 is 5.90. The van der Waals surface area contributed by atoms with Crippen molar-refractivity contribution in [3.63, 3.8) is 0 Å². The molecule has 0 saturated carbocycles. The summed E-state index contributed by atoms with van der Waals surface area (Å²) in [6.45, 7) is 6.06. The second kappa shape index (κ2) is 6.95. The van der Waals surface area contributed by atoms with E-state index in [0.717, 1.165) is 40.9 Å². The molecule has 2 aromatic heterocycles. The lowest BCUT2D eigenvalue weighted by atomic mass is 10.0. The van der Waals surface area contributed by atoms with Crippen molar-refractivity contribution in [2.24, 2.45) is 11.8 Å². The van der Waals surface area contributed by atoms with Crippen LogP contribution in [0.4, 0.5) is 0 Å². The molecular weight excluding hydrogens is 344 g/mol. The lowest BCUT2D eigenvalue weighted by Crippen LogP contribution is -2.27. The van der Waals surface area contributed by atoms with Gasteiger partial charge in [0, 0.05) is 25.8 Å². The Kier molecular flexibility index (Phi) is 4.32. The summed E-state index contributed by atoms with van der Waals surface area (Å²) in [4.78, 5) is 12.3. The third kappa shape index (κ3) is 3.32. The van der Waals surface area contributed by atoms with Crippen molar-refractivity contribution in [2.75, 3.05) is 32.7 Å². The zero-order chi connectivity index (χ0) is 17.3. The van der Waals surface area contributed by atoms with Crippen LogP contribution in [0.15, 0.2) is 42.6 Å². The number of nitrogens with zero attached hydrogens (tertiary/aromatic N) is 3. The van der Waals surface area contributed by atoms with Gasteiger partial charge in [0.25, 0.3) is 5.19 Å². The second-order valence-corrected chi connectivity index (χ2v) is 8.18. The third-order valence-electron chi connectivity index (χ3n) is 5.46. The van der Waals surface area contributed by atoms with Crippen LogP contribution in [0.3, 0.4) is 0 Å². The Morgan fingerprint density at radius 1 is 1.12 bits per heavy atom. The van der Waals surface area contributed by atoms with Crippen LogP contribution in [0.5, 0.6) is 10.9 Å². The zero-order valence-electron chi connectivity index (χ0n) is 14.6. The van der Waals surface area contributed by atoms with Crippen molar-refractivity contribution < 1.29 is 4.74 Å². The van der Waals surface area contributed by atoms with E-state index in [0.29, 0.717) is 5.19 Å². The van der Waals surface area contributed by atoms with Crippen LogP contribution in [0, 0.1) is 11.8 Å². The molecule has 6 heteroatoms. The van der Waals surface area contributed by atoms with E-state index < -0.39 is 0 Å². The highest BCUT2D eigenvalue weighted by Crippen LogP contribution is 2.30. The van der Waals surface area contributed by atoms with E-state index in [9.17, 15) is 0 Å². The molecule has 3 aromatic rings. The van der Waals surface area contributed by atoms with Crippen LogP contribution in [0.25, 0.3) is 10.3 Å². The van der Waals surface area contributed by atoms with Crippen molar-refractivity contribution in [3.05, 3.63) is 48.2 Å². The van der Waals surface area contributed by atoms with Gasteiger partial charge in [0.2, 0.25) is 0 Å². The highest BCUT2D eigenvalue weighted by Gasteiger charge is 2.35. The number of fused-ring (bicyclic) bond motifs is 2. The van der Waals surface area contributed by atoms with Crippen LogP contribution in [0.2, 0.25) is 0 Å². The Bertz CT molecular complexity index is 849. The third-order valence-corrected chi connectivity index (χ3v) is 6.31. The van der Waals surface area contributed by atoms with Gasteiger partial charge >= 0.3 is 0 Å². The first-order valence-corrected chi connectivity index (χ1v) is 10.1. The van der Waals surface area contributed by atoms with Crippen molar-refractivity contribution in [3.8, 4) is 10.9 Å². The van der Waals surface area contributed by atoms with Gasteiger partial charge in [0.15, 0.2) is 0 Å².